The number of fused-ring (bicyclic) bond motifs is 1. The predicted octanol–water partition coefficient (Wildman–Crippen LogP) is 1.25. The van der Waals surface area contributed by atoms with Gasteiger partial charge in [0.25, 0.3) is 0 Å². The molecule has 0 atom stereocenters. The highest BCUT2D eigenvalue weighted by molar-refractivity contribution is 5.92. The van der Waals surface area contributed by atoms with Crippen molar-refractivity contribution >= 4 is 11.6 Å². The summed E-state index contributed by atoms with van der Waals surface area (Å²) >= 11 is 0. The molecule has 1 amide bonds. The Morgan fingerprint density at radius 1 is 1.36 bits per heavy atom. The van der Waals surface area contributed by atoms with Crippen LogP contribution in [-0.2, 0) is 17.9 Å². The minimum atomic E-state index is -0.0370. The van der Waals surface area contributed by atoms with Crippen LogP contribution in [0.15, 0.2) is 24.5 Å². The van der Waals surface area contributed by atoms with Gasteiger partial charge >= 0.3 is 0 Å². The molecule has 1 aliphatic rings. The van der Waals surface area contributed by atoms with Crippen molar-refractivity contribution in [2.24, 2.45) is 0 Å². The van der Waals surface area contributed by atoms with Crippen LogP contribution < -0.4 is 5.32 Å². The molecular weight excluding hydrogens is 280 g/mol. The standard InChI is InChI=1S/C15H20N6O/c1-11(2)15-19-18-13-9-20(6-7-21(13)15)10-14(22)17-12-4-3-5-16-8-12/h3-5,8,11H,6-7,9-10H2,1-2H3,(H,17,22). The van der Waals surface area contributed by atoms with Gasteiger partial charge in [0.1, 0.15) is 11.6 Å². The number of nitrogens with one attached hydrogen (secondary N) is 1. The summed E-state index contributed by atoms with van der Waals surface area (Å²) in [5.41, 5.74) is 0.717. The van der Waals surface area contributed by atoms with Crippen LogP contribution in [-0.4, -0.2) is 43.6 Å². The topological polar surface area (TPSA) is 75.9 Å². The maximum atomic E-state index is 12.1. The van der Waals surface area contributed by atoms with Gasteiger partial charge in [-0.1, -0.05) is 13.8 Å². The lowest BCUT2D eigenvalue weighted by atomic mass is 10.2. The van der Waals surface area contributed by atoms with Gasteiger partial charge in [0.2, 0.25) is 5.91 Å². The smallest absolute Gasteiger partial charge is 0.238 e. The largest absolute Gasteiger partial charge is 0.324 e. The molecule has 0 aliphatic carbocycles. The van der Waals surface area contributed by atoms with Crippen LogP contribution in [0.4, 0.5) is 5.69 Å². The van der Waals surface area contributed by atoms with E-state index in [0.717, 1.165) is 30.4 Å². The van der Waals surface area contributed by atoms with Crippen molar-refractivity contribution in [2.75, 3.05) is 18.4 Å². The van der Waals surface area contributed by atoms with Crippen molar-refractivity contribution in [3.8, 4) is 0 Å². The third-order valence-electron chi connectivity index (χ3n) is 3.69. The number of nitrogens with zero attached hydrogens (tertiary/aromatic N) is 5. The highest BCUT2D eigenvalue weighted by Gasteiger charge is 2.23. The Labute approximate surface area is 129 Å². The van der Waals surface area contributed by atoms with E-state index in [1.807, 2.05) is 6.07 Å². The summed E-state index contributed by atoms with van der Waals surface area (Å²) in [4.78, 5) is 18.1. The third kappa shape index (κ3) is 3.14. The van der Waals surface area contributed by atoms with Gasteiger partial charge in [0.05, 0.1) is 25.0 Å². The summed E-state index contributed by atoms with van der Waals surface area (Å²) in [6, 6.07) is 3.62. The molecule has 0 bridgehead atoms. The summed E-state index contributed by atoms with van der Waals surface area (Å²) in [6.07, 6.45) is 3.32. The van der Waals surface area contributed by atoms with E-state index in [9.17, 15) is 4.79 Å². The molecule has 0 fully saturated rings. The number of rotatable bonds is 4. The molecule has 0 unspecified atom stereocenters. The van der Waals surface area contributed by atoms with E-state index in [2.05, 4.69) is 43.8 Å². The summed E-state index contributed by atoms with van der Waals surface area (Å²) in [7, 11) is 0. The van der Waals surface area contributed by atoms with Crippen LogP contribution in [0.3, 0.4) is 0 Å². The Morgan fingerprint density at radius 2 is 2.23 bits per heavy atom. The van der Waals surface area contributed by atoms with Crippen molar-refractivity contribution in [1.82, 2.24) is 24.6 Å². The highest BCUT2D eigenvalue weighted by Crippen LogP contribution is 2.18. The summed E-state index contributed by atoms with van der Waals surface area (Å²) in [5, 5.41) is 11.4. The van der Waals surface area contributed by atoms with E-state index >= 15 is 0 Å². The Hall–Kier alpha value is -2.28. The minimum absolute atomic E-state index is 0.0370. The average Bonchev–Trinajstić information content (AvgIpc) is 2.91. The van der Waals surface area contributed by atoms with Gasteiger partial charge in [-0.05, 0) is 12.1 Å². The summed E-state index contributed by atoms with van der Waals surface area (Å²) in [5.74, 6) is 2.28. The van der Waals surface area contributed by atoms with Gasteiger partial charge in [-0.25, -0.2) is 0 Å². The Balaban J connectivity index is 1.60. The lowest BCUT2D eigenvalue weighted by molar-refractivity contribution is -0.117. The van der Waals surface area contributed by atoms with Gasteiger partial charge in [-0.2, -0.15) is 0 Å². The molecule has 116 valence electrons. The molecule has 2 aromatic heterocycles. The molecule has 1 N–H and O–H groups in total. The van der Waals surface area contributed by atoms with E-state index in [4.69, 9.17) is 0 Å². The molecule has 3 heterocycles. The Morgan fingerprint density at radius 3 is 2.95 bits per heavy atom. The molecule has 2 aromatic rings. The van der Waals surface area contributed by atoms with Crippen molar-refractivity contribution in [3.05, 3.63) is 36.2 Å². The lowest BCUT2D eigenvalue weighted by Crippen LogP contribution is -2.39. The first-order valence-electron chi connectivity index (χ1n) is 7.47. The first-order valence-corrected chi connectivity index (χ1v) is 7.47. The van der Waals surface area contributed by atoms with E-state index in [1.54, 1.807) is 18.5 Å². The molecule has 3 rings (SSSR count). The zero-order valence-electron chi connectivity index (χ0n) is 12.9. The molecule has 0 aromatic carbocycles. The van der Waals surface area contributed by atoms with Crippen LogP contribution in [0, 0.1) is 0 Å². The quantitative estimate of drug-likeness (QED) is 0.919. The zero-order chi connectivity index (χ0) is 15.5. The maximum Gasteiger partial charge on any atom is 0.238 e. The average molecular weight is 300 g/mol. The SMILES string of the molecule is CC(C)c1nnc2n1CCN(CC(=O)Nc1cccnc1)C2. The number of hydrogen-bond donors (Lipinski definition) is 1. The molecular formula is C15H20N6O. The molecule has 0 saturated carbocycles. The molecule has 7 nitrogen and oxygen atoms in total. The van der Waals surface area contributed by atoms with Crippen molar-refractivity contribution < 1.29 is 4.79 Å². The first kappa shape index (κ1) is 14.6. The van der Waals surface area contributed by atoms with Gasteiger partial charge in [0.15, 0.2) is 0 Å². The number of aromatic nitrogens is 4. The van der Waals surface area contributed by atoms with Gasteiger partial charge < -0.3 is 9.88 Å². The fraction of sp³-hybridized carbons (Fsp3) is 0.467. The molecule has 22 heavy (non-hydrogen) atoms. The van der Waals surface area contributed by atoms with Gasteiger partial charge in [0, 0.05) is 25.2 Å². The fourth-order valence-corrected chi connectivity index (χ4v) is 2.63. The molecule has 1 aliphatic heterocycles. The number of carbonyl (C=O) groups excluding carboxylic acids is 1. The Kier molecular flexibility index (Phi) is 4.15. The predicted molar refractivity (Wildman–Crippen MR) is 82.3 cm³/mol. The van der Waals surface area contributed by atoms with Crippen LogP contribution in [0.2, 0.25) is 0 Å². The van der Waals surface area contributed by atoms with Crippen molar-refractivity contribution in [1.29, 1.82) is 0 Å². The van der Waals surface area contributed by atoms with Crippen LogP contribution in [0.5, 0.6) is 0 Å². The molecule has 0 spiro atoms. The van der Waals surface area contributed by atoms with E-state index in [0.29, 0.717) is 19.0 Å². The molecule has 7 heteroatoms. The maximum absolute atomic E-state index is 12.1. The number of anilines is 1. The van der Waals surface area contributed by atoms with Crippen molar-refractivity contribution in [2.45, 2.75) is 32.9 Å². The molecule has 0 saturated heterocycles. The first-order chi connectivity index (χ1) is 10.6. The Bertz CT molecular complexity index is 651. The summed E-state index contributed by atoms with van der Waals surface area (Å²) < 4.78 is 2.17. The fourth-order valence-electron chi connectivity index (χ4n) is 2.63. The second-order valence-electron chi connectivity index (χ2n) is 5.78. The number of pyridine rings is 1. The zero-order valence-corrected chi connectivity index (χ0v) is 12.9. The number of hydrogen-bond acceptors (Lipinski definition) is 5. The second kappa shape index (κ2) is 6.23. The van der Waals surface area contributed by atoms with Crippen molar-refractivity contribution in [3.63, 3.8) is 0 Å². The third-order valence-corrected chi connectivity index (χ3v) is 3.69. The monoisotopic (exact) mass is 300 g/mol. The van der Waals surface area contributed by atoms with Gasteiger partial charge in [-0.15, -0.1) is 10.2 Å². The van der Waals surface area contributed by atoms with E-state index < -0.39 is 0 Å². The van der Waals surface area contributed by atoms with E-state index in [-0.39, 0.29) is 5.91 Å². The van der Waals surface area contributed by atoms with Crippen LogP contribution >= 0.6 is 0 Å². The summed E-state index contributed by atoms with van der Waals surface area (Å²) in [6.45, 7) is 6.89. The normalized spacial score (nSPS) is 14.9. The number of amides is 1. The lowest BCUT2D eigenvalue weighted by Gasteiger charge is -2.27. The number of carbonyl (C=O) groups is 1. The highest BCUT2D eigenvalue weighted by atomic mass is 16.2. The van der Waals surface area contributed by atoms with E-state index in [1.165, 1.54) is 0 Å². The second-order valence-corrected chi connectivity index (χ2v) is 5.78. The van der Waals surface area contributed by atoms with Crippen LogP contribution in [0.25, 0.3) is 0 Å². The van der Waals surface area contributed by atoms with Crippen LogP contribution in [0.1, 0.15) is 31.4 Å². The molecule has 0 radical (unpaired) electrons. The van der Waals surface area contributed by atoms with Gasteiger partial charge in [-0.3, -0.25) is 14.7 Å². The minimum Gasteiger partial charge on any atom is -0.324 e.